The second-order valence-corrected chi connectivity index (χ2v) is 5.98. The van der Waals surface area contributed by atoms with Crippen molar-refractivity contribution < 1.29 is 19.8 Å². The Morgan fingerprint density at radius 3 is 2.60 bits per heavy atom. The Hall–Kier alpha value is -1.69. The minimum absolute atomic E-state index is 0.0818. The molecule has 1 fully saturated rings. The van der Waals surface area contributed by atoms with Crippen LogP contribution in [0.3, 0.4) is 0 Å². The number of phenols is 1. The topological polar surface area (TPSA) is 86.6 Å². The molecule has 108 valence electrons. The molecule has 6 heteroatoms. The number of rotatable bonds is 5. The highest BCUT2D eigenvalue weighted by Gasteiger charge is 2.27. The Morgan fingerprint density at radius 2 is 2.05 bits per heavy atom. The summed E-state index contributed by atoms with van der Waals surface area (Å²) in [4.78, 5) is 23.2. The van der Waals surface area contributed by atoms with Crippen LogP contribution in [-0.4, -0.2) is 39.6 Å². The highest BCUT2D eigenvalue weighted by molar-refractivity contribution is 7.99. The first-order valence-corrected chi connectivity index (χ1v) is 7.60. The van der Waals surface area contributed by atoms with E-state index in [0.29, 0.717) is 0 Å². The lowest BCUT2D eigenvalue weighted by atomic mass is 10.0. The van der Waals surface area contributed by atoms with Crippen molar-refractivity contribution in [2.45, 2.75) is 18.9 Å². The van der Waals surface area contributed by atoms with Gasteiger partial charge in [-0.2, -0.15) is 11.8 Å². The molecular weight excluding hydrogens is 278 g/mol. The summed E-state index contributed by atoms with van der Waals surface area (Å²) in [5, 5.41) is 21.0. The fourth-order valence-electron chi connectivity index (χ4n) is 2.10. The maximum absolute atomic E-state index is 12.0. The molecule has 1 saturated heterocycles. The van der Waals surface area contributed by atoms with Crippen molar-refractivity contribution in [2.24, 2.45) is 5.92 Å². The van der Waals surface area contributed by atoms with Gasteiger partial charge >= 0.3 is 5.97 Å². The number of hydrogen-bond acceptors (Lipinski definition) is 4. The number of amides is 1. The second-order valence-electron chi connectivity index (χ2n) is 4.83. The van der Waals surface area contributed by atoms with Crippen molar-refractivity contribution in [3.63, 3.8) is 0 Å². The van der Waals surface area contributed by atoms with Gasteiger partial charge in [0.15, 0.2) is 0 Å². The zero-order valence-electron chi connectivity index (χ0n) is 10.9. The van der Waals surface area contributed by atoms with E-state index in [1.807, 2.05) is 0 Å². The van der Waals surface area contributed by atoms with Gasteiger partial charge in [-0.15, -0.1) is 0 Å². The summed E-state index contributed by atoms with van der Waals surface area (Å²) < 4.78 is 0. The van der Waals surface area contributed by atoms with E-state index in [-0.39, 0.29) is 24.0 Å². The number of aliphatic carboxylic acids is 1. The number of nitrogens with one attached hydrogen (secondary N) is 1. The standard InChI is InChI=1S/C14H17NO4S/c16-11-3-1-9(2-4-11)7-12(14(18)19)15-13(17)10-5-6-20-8-10/h1-4,10,12,16H,5-8H2,(H,15,17)(H,18,19). The first kappa shape index (κ1) is 14.7. The zero-order chi connectivity index (χ0) is 14.5. The van der Waals surface area contributed by atoms with Crippen molar-refractivity contribution in [3.05, 3.63) is 29.8 Å². The van der Waals surface area contributed by atoms with Crippen molar-refractivity contribution in [2.75, 3.05) is 11.5 Å². The molecule has 0 aliphatic carbocycles. The number of carbonyl (C=O) groups is 2. The van der Waals surface area contributed by atoms with E-state index >= 15 is 0 Å². The lowest BCUT2D eigenvalue weighted by molar-refractivity contribution is -0.142. The van der Waals surface area contributed by atoms with Crippen LogP contribution < -0.4 is 5.32 Å². The van der Waals surface area contributed by atoms with Crippen molar-refractivity contribution in [3.8, 4) is 5.75 Å². The predicted octanol–water partition coefficient (Wildman–Crippen LogP) is 1.26. The molecule has 0 radical (unpaired) electrons. The number of carboxylic acid groups (broad SMARTS) is 1. The summed E-state index contributed by atoms with van der Waals surface area (Å²) in [7, 11) is 0. The van der Waals surface area contributed by atoms with Crippen molar-refractivity contribution in [1.82, 2.24) is 5.32 Å². The molecule has 0 bridgehead atoms. The Bertz CT molecular complexity index is 482. The van der Waals surface area contributed by atoms with Crippen molar-refractivity contribution >= 4 is 23.6 Å². The van der Waals surface area contributed by atoms with Gasteiger partial charge in [0.25, 0.3) is 0 Å². The number of aromatic hydroxyl groups is 1. The molecule has 0 spiro atoms. The number of carboxylic acids is 1. The first-order valence-electron chi connectivity index (χ1n) is 6.45. The molecular formula is C14H17NO4S. The third-order valence-electron chi connectivity index (χ3n) is 3.29. The van der Waals surface area contributed by atoms with Crippen LogP contribution in [0.25, 0.3) is 0 Å². The molecule has 0 aromatic heterocycles. The third kappa shape index (κ3) is 3.90. The van der Waals surface area contributed by atoms with E-state index in [0.717, 1.165) is 23.5 Å². The summed E-state index contributed by atoms with van der Waals surface area (Å²) in [5.74, 6) is 0.540. The van der Waals surface area contributed by atoms with Gasteiger partial charge in [-0.25, -0.2) is 4.79 Å². The maximum atomic E-state index is 12.0. The molecule has 5 nitrogen and oxygen atoms in total. The number of benzene rings is 1. The van der Waals surface area contributed by atoms with Crippen LogP contribution in [-0.2, 0) is 16.0 Å². The Kier molecular flexibility index (Phi) is 4.89. The van der Waals surface area contributed by atoms with E-state index in [1.54, 1.807) is 23.9 Å². The zero-order valence-corrected chi connectivity index (χ0v) is 11.7. The van der Waals surface area contributed by atoms with Gasteiger partial charge in [0.05, 0.1) is 0 Å². The van der Waals surface area contributed by atoms with Crippen LogP contribution in [0.4, 0.5) is 0 Å². The number of hydrogen-bond donors (Lipinski definition) is 3. The smallest absolute Gasteiger partial charge is 0.326 e. The molecule has 0 saturated carbocycles. The first-order chi connectivity index (χ1) is 9.56. The molecule has 1 amide bonds. The van der Waals surface area contributed by atoms with E-state index in [9.17, 15) is 19.8 Å². The van der Waals surface area contributed by atoms with Crippen LogP contribution in [0.5, 0.6) is 5.75 Å². The normalized spacial score (nSPS) is 19.5. The lowest BCUT2D eigenvalue weighted by Crippen LogP contribution is -2.45. The minimum atomic E-state index is -1.04. The summed E-state index contributed by atoms with van der Waals surface area (Å²) in [6.45, 7) is 0. The largest absolute Gasteiger partial charge is 0.508 e. The summed E-state index contributed by atoms with van der Waals surface area (Å²) in [5.41, 5.74) is 0.760. The van der Waals surface area contributed by atoms with E-state index < -0.39 is 12.0 Å². The summed E-state index contributed by atoms with van der Waals surface area (Å²) in [6.07, 6.45) is 1.02. The van der Waals surface area contributed by atoms with Crippen LogP contribution in [0.2, 0.25) is 0 Å². The Balaban J connectivity index is 1.98. The number of phenolic OH excluding ortho intramolecular Hbond substituents is 1. The van der Waals surface area contributed by atoms with E-state index in [1.165, 1.54) is 12.1 Å². The molecule has 1 heterocycles. The fraction of sp³-hybridized carbons (Fsp3) is 0.429. The number of thioether (sulfide) groups is 1. The average Bonchev–Trinajstić information content (AvgIpc) is 2.94. The van der Waals surface area contributed by atoms with Gasteiger partial charge in [-0.05, 0) is 29.9 Å². The van der Waals surface area contributed by atoms with Gasteiger partial charge in [0.1, 0.15) is 11.8 Å². The third-order valence-corrected chi connectivity index (χ3v) is 4.45. The Labute approximate surface area is 121 Å². The molecule has 3 N–H and O–H groups in total. The monoisotopic (exact) mass is 295 g/mol. The molecule has 1 aliphatic rings. The van der Waals surface area contributed by atoms with Crippen LogP contribution >= 0.6 is 11.8 Å². The van der Waals surface area contributed by atoms with Crippen LogP contribution in [0.15, 0.2) is 24.3 Å². The van der Waals surface area contributed by atoms with Gasteiger partial charge < -0.3 is 15.5 Å². The lowest BCUT2D eigenvalue weighted by Gasteiger charge is -2.17. The molecule has 20 heavy (non-hydrogen) atoms. The van der Waals surface area contributed by atoms with Gasteiger partial charge in [0.2, 0.25) is 5.91 Å². The maximum Gasteiger partial charge on any atom is 0.326 e. The predicted molar refractivity (Wildman–Crippen MR) is 76.8 cm³/mol. The highest BCUT2D eigenvalue weighted by Crippen LogP contribution is 2.23. The summed E-state index contributed by atoms with van der Waals surface area (Å²) >= 11 is 1.72. The van der Waals surface area contributed by atoms with E-state index in [2.05, 4.69) is 5.32 Å². The molecule has 2 unspecified atom stereocenters. The molecule has 2 rings (SSSR count). The SMILES string of the molecule is O=C(NC(Cc1ccc(O)cc1)C(=O)O)C1CCSC1. The fourth-order valence-corrected chi connectivity index (χ4v) is 3.32. The van der Waals surface area contributed by atoms with Crippen LogP contribution in [0.1, 0.15) is 12.0 Å². The minimum Gasteiger partial charge on any atom is -0.508 e. The number of carbonyl (C=O) groups excluding carboxylic acids is 1. The second kappa shape index (κ2) is 6.65. The van der Waals surface area contributed by atoms with Gasteiger partial charge in [0, 0.05) is 18.1 Å². The highest BCUT2D eigenvalue weighted by atomic mass is 32.2. The Morgan fingerprint density at radius 1 is 1.35 bits per heavy atom. The molecule has 2 atom stereocenters. The van der Waals surface area contributed by atoms with Crippen molar-refractivity contribution in [1.29, 1.82) is 0 Å². The average molecular weight is 295 g/mol. The van der Waals surface area contributed by atoms with Gasteiger partial charge in [-0.3, -0.25) is 4.79 Å². The van der Waals surface area contributed by atoms with E-state index in [4.69, 9.17) is 0 Å². The molecule has 1 aliphatic heterocycles. The van der Waals surface area contributed by atoms with Gasteiger partial charge in [-0.1, -0.05) is 12.1 Å². The molecule has 1 aromatic rings. The summed E-state index contributed by atoms with van der Waals surface area (Å²) in [6, 6.07) is 5.39. The quantitative estimate of drug-likeness (QED) is 0.761. The molecule has 1 aromatic carbocycles. The van der Waals surface area contributed by atoms with Crippen LogP contribution in [0, 0.1) is 5.92 Å².